The van der Waals surface area contributed by atoms with E-state index >= 15 is 0 Å². The normalized spacial score (nSPS) is 11.0. The molecule has 0 fully saturated rings. The largest absolute Gasteiger partial charge is 0.468 e. The maximum atomic E-state index is 10.8. The predicted octanol–water partition coefficient (Wildman–Crippen LogP) is 4.73. The summed E-state index contributed by atoms with van der Waals surface area (Å²) in [7, 11) is 1.51. The van der Waals surface area contributed by atoms with Crippen molar-refractivity contribution in [2.75, 3.05) is 7.11 Å². The van der Waals surface area contributed by atoms with Gasteiger partial charge in [0.05, 0.1) is 19.5 Å². The molecule has 5 rings (SSSR count). The van der Waals surface area contributed by atoms with Gasteiger partial charge in [0, 0.05) is 6.07 Å². The highest BCUT2D eigenvalue weighted by molar-refractivity contribution is 5.72. The van der Waals surface area contributed by atoms with Crippen molar-refractivity contribution in [3.8, 4) is 52.2 Å². The van der Waals surface area contributed by atoms with E-state index in [0.29, 0.717) is 52.6 Å². The van der Waals surface area contributed by atoms with Gasteiger partial charge in [-0.25, -0.2) is 15.0 Å². The van der Waals surface area contributed by atoms with Crippen molar-refractivity contribution in [3.63, 3.8) is 0 Å². The van der Waals surface area contributed by atoms with Gasteiger partial charge >= 0.3 is 0 Å². The van der Waals surface area contributed by atoms with Crippen LogP contribution in [0.2, 0.25) is 0 Å². The van der Waals surface area contributed by atoms with E-state index in [1.165, 1.54) is 13.3 Å². The molecule has 5 heterocycles. The van der Waals surface area contributed by atoms with Gasteiger partial charge in [0.15, 0.2) is 35.1 Å². The second-order valence-electron chi connectivity index (χ2n) is 6.11. The summed E-state index contributed by atoms with van der Waals surface area (Å²) in [6, 6.07) is 11.9. The zero-order valence-corrected chi connectivity index (χ0v) is 15.6. The molecule has 0 bridgehead atoms. The number of methoxy groups -OCH3 is 1. The standard InChI is InChI=1S/C21H13N3O6/c1-26-19-8-7-16(28-19)21-23-10-18(30-21)14-4-2-3-13(24-14)17-9-22-20(29-17)15-6-5-12(11-25)27-15/h2-11H,1H3. The van der Waals surface area contributed by atoms with E-state index in [9.17, 15) is 4.79 Å². The maximum absolute atomic E-state index is 10.8. The number of aromatic nitrogens is 3. The van der Waals surface area contributed by atoms with Crippen molar-refractivity contribution in [1.29, 1.82) is 0 Å². The molecule has 0 saturated carbocycles. The summed E-state index contributed by atoms with van der Waals surface area (Å²) in [5, 5.41) is 0. The molecule has 0 amide bonds. The third-order valence-corrected chi connectivity index (χ3v) is 4.21. The SMILES string of the molecule is COc1ccc(-c2ncc(-c3cccc(-c4cnc(-c5ccc(C=O)o5)o4)n3)o2)o1. The van der Waals surface area contributed by atoms with Crippen LogP contribution >= 0.6 is 0 Å². The topological polar surface area (TPSA) is 118 Å². The van der Waals surface area contributed by atoms with Crippen LogP contribution in [0.1, 0.15) is 10.6 Å². The third kappa shape index (κ3) is 3.18. The van der Waals surface area contributed by atoms with Gasteiger partial charge in [-0.05, 0) is 30.3 Å². The van der Waals surface area contributed by atoms with Crippen molar-refractivity contribution in [2.45, 2.75) is 0 Å². The Kier molecular flexibility index (Phi) is 4.25. The second-order valence-corrected chi connectivity index (χ2v) is 6.11. The minimum atomic E-state index is 0.195. The molecule has 0 aliphatic carbocycles. The van der Waals surface area contributed by atoms with Gasteiger partial charge < -0.3 is 22.4 Å². The fourth-order valence-electron chi connectivity index (χ4n) is 2.80. The molecule has 0 N–H and O–H groups in total. The molecule has 0 aliphatic heterocycles. The van der Waals surface area contributed by atoms with Crippen LogP contribution in [-0.4, -0.2) is 28.3 Å². The summed E-state index contributed by atoms with van der Waals surface area (Å²) in [6.07, 6.45) is 3.71. The van der Waals surface area contributed by atoms with E-state index in [-0.39, 0.29) is 11.7 Å². The average molecular weight is 403 g/mol. The van der Waals surface area contributed by atoms with Gasteiger partial charge in [-0.15, -0.1) is 0 Å². The minimum absolute atomic E-state index is 0.195. The molecule has 9 heteroatoms. The molecule has 0 unspecified atom stereocenters. The molecule has 5 aromatic heterocycles. The predicted molar refractivity (Wildman–Crippen MR) is 103 cm³/mol. The van der Waals surface area contributed by atoms with Crippen LogP contribution in [0, 0.1) is 0 Å². The van der Waals surface area contributed by atoms with Crippen LogP contribution in [0.4, 0.5) is 0 Å². The Balaban J connectivity index is 1.43. The Hall–Kier alpha value is -4.40. The number of ether oxygens (including phenoxy) is 1. The molecule has 0 aromatic carbocycles. The number of hydrogen-bond donors (Lipinski definition) is 0. The third-order valence-electron chi connectivity index (χ3n) is 4.21. The molecule has 148 valence electrons. The first-order valence-electron chi connectivity index (χ1n) is 8.82. The first-order valence-corrected chi connectivity index (χ1v) is 8.82. The maximum Gasteiger partial charge on any atom is 0.284 e. The van der Waals surface area contributed by atoms with E-state index in [2.05, 4.69) is 15.0 Å². The van der Waals surface area contributed by atoms with Crippen LogP contribution in [0.5, 0.6) is 5.95 Å². The summed E-state index contributed by atoms with van der Waals surface area (Å²) >= 11 is 0. The Bertz CT molecular complexity index is 1330. The number of carbonyl (C=O) groups is 1. The fourth-order valence-corrected chi connectivity index (χ4v) is 2.80. The van der Waals surface area contributed by atoms with Crippen molar-refractivity contribution in [1.82, 2.24) is 15.0 Å². The van der Waals surface area contributed by atoms with Crippen LogP contribution in [-0.2, 0) is 0 Å². The van der Waals surface area contributed by atoms with Crippen molar-refractivity contribution in [3.05, 3.63) is 60.6 Å². The number of furan rings is 2. The molecule has 0 saturated heterocycles. The summed E-state index contributed by atoms with van der Waals surface area (Å²) in [4.78, 5) is 23.8. The highest BCUT2D eigenvalue weighted by atomic mass is 16.6. The molecule has 0 atom stereocenters. The minimum Gasteiger partial charge on any atom is -0.468 e. The van der Waals surface area contributed by atoms with Crippen molar-refractivity contribution >= 4 is 6.29 Å². The number of hydrogen-bond acceptors (Lipinski definition) is 9. The van der Waals surface area contributed by atoms with E-state index in [4.69, 9.17) is 22.4 Å². The van der Waals surface area contributed by atoms with E-state index in [0.717, 1.165) is 0 Å². The summed E-state index contributed by atoms with van der Waals surface area (Å²) < 4.78 is 27.3. The van der Waals surface area contributed by atoms with Crippen molar-refractivity contribution in [2.24, 2.45) is 0 Å². The van der Waals surface area contributed by atoms with Gasteiger partial charge in [-0.3, -0.25) is 4.79 Å². The molecule has 30 heavy (non-hydrogen) atoms. The zero-order chi connectivity index (χ0) is 20.5. The Morgan fingerprint density at radius 1 is 0.767 bits per heavy atom. The van der Waals surface area contributed by atoms with Crippen LogP contribution in [0.15, 0.2) is 72.5 Å². The quantitative estimate of drug-likeness (QED) is 0.371. The number of aldehydes is 1. The molecular formula is C21H13N3O6. The lowest BCUT2D eigenvalue weighted by Gasteiger charge is -1.99. The molecule has 0 aliphatic rings. The van der Waals surface area contributed by atoms with Gasteiger partial charge in [0.1, 0.15) is 11.4 Å². The molecular weight excluding hydrogens is 390 g/mol. The summed E-state index contributed by atoms with van der Waals surface area (Å²) in [5.74, 6) is 2.82. The fraction of sp³-hybridized carbons (Fsp3) is 0.0476. The number of oxazole rings is 2. The monoisotopic (exact) mass is 403 g/mol. The van der Waals surface area contributed by atoms with Gasteiger partial charge in [0.25, 0.3) is 17.7 Å². The zero-order valence-electron chi connectivity index (χ0n) is 15.6. The average Bonchev–Trinajstić information content (AvgIpc) is 3.58. The number of carbonyl (C=O) groups excluding carboxylic acids is 1. The lowest BCUT2D eigenvalue weighted by molar-refractivity contribution is 0.110. The molecule has 5 aromatic rings. The first-order chi connectivity index (χ1) is 14.7. The van der Waals surface area contributed by atoms with Crippen LogP contribution in [0.3, 0.4) is 0 Å². The molecule has 9 nitrogen and oxygen atoms in total. The Morgan fingerprint density at radius 2 is 1.40 bits per heavy atom. The highest BCUT2D eigenvalue weighted by Crippen LogP contribution is 2.31. The molecule has 0 spiro atoms. The van der Waals surface area contributed by atoms with E-state index in [1.54, 1.807) is 42.6 Å². The summed E-state index contributed by atoms with van der Waals surface area (Å²) in [6.45, 7) is 0. The smallest absolute Gasteiger partial charge is 0.284 e. The van der Waals surface area contributed by atoms with Crippen LogP contribution in [0.25, 0.3) is 46.2 Å². The van der Waals surface area contributed by atoms with E-state index in [1.807, 2.05) is 6.07 Å². The number of nitrogens with zero attached hydrogens (tertiary/aromatic N) is 3. The Morgan fingerprint density at radius 3 is 1.97 bits per heavy atom. The van der Waals surface area contributed by atoms with Gasteiger partial charge in [-0.1, -0.05) is 6.07 Å². The van der Waals surface area contributed by atoms with Crippen LogP contribution < -0.4 is 4.74 Å². The number of pyridine rings is 1. The Labute approximate surface area is 169 Å². The molecule has 0 radical (unpaired) electrons. The lowest BCUT2D eigenvalue weighted by Crippen LogP contribution is -1.85. The first kappa shape index (κ1) is 17.7. The number of rotatable bonds is 6. The second kappa shape index (κ2) is 7.21. The summed E-state index contributed by atoms with van der Waals surface area (Å²) in [5.41, 5.74) is 1.11. The lowest BCUT2D eigenvalue weighted by atomic mass is 10.2. The highest BCUT2D eigenvalue weighted by Gasteiger charge is 2.16. The van der Waals surface area contributed by atoms with E-state index < -0.39 is 0 Å². The van der Waals surface area contributed by atoms with Gasteiger partial charge in [-0.2, -0.15) is 0 Å². The van der Waals surface area contributed by atoms with Crippen molar-refractivity contribution < 1.29 is 27.2 Å². The van der Waals surface area contributed by atoms with Gasteiger partial charge in [0.2, 0.25) is 0 Å².